The molecule has 26 nitrogen and oxygen atoms in total. The van der Waals surface area contributed by atoms with Crippen LogP contribution < -0.4 is 58.7 Å². The molecule has 6 heterocycles. The van der Waals surface area contributed by atoms with E-state index in [0.29, 0.717) is 131 Å². The number of nitrogen functional groups attached to an aromatic ring is 3. The number of hydrogen-bond acceptors (Lipinski definition) is 16. The largest absolute Gasteiger partial charge is 0.497 e. The van der Waals surface area contributed by atoms with E-state index in [1.54, 1.807) is 57.7 Å². The first-order valence-corrected chi connectivity index (χ1v) is 32.8. The molecule has 8 aromatic carbocycles. The number of hydrogen-bond donors (Lipinski definition) is 10. The van der Waals surface area contributed by atoms with Crippen LogP contribution in [0.5, 0.6) is 17.2 Å². The first kappa shape index (κ1) is 71.9. The highest BCUT2D eigenvalue weighted by Crippen LogP contribution is 2.32. The van der Waals surface area contributed by atoms with Crippen LogP contribution in [0.3, 0.4) is 0 Å². The number of methoxy groups -OCH3 is 3. The van der Waals surface area contributed by atoms with E-state index in [2.05, 4.69) is 41.0 Å². The topological polar surface area (TPSA) is 377 Å². The lowest BCUT2D eigenvalue weighted by Crippen LogP contribution is -2.34. The lowest BCUT2D eigenvalue weighted by atomic mass is 10.0. The van der Waals surface area contributed by atoms with E-state index in [0.717, 1.165) is 55.1 Å². The number of nitrogens with two attached hydrogens (primary N) is 3. The summed E-state index contributed by atoms with van der Waals surface area (Å²) in [4.78, 5) is 58.0. The standard InChI is InChI=1S/C20H19FN4O2.C20H19N5O4.C18H17FN4O2.C17H16ClN5/c1-27-16-4-2-3-13(11-16)12-17-18(14-5-7-15(21)8-6-14)24-25(19(17)26)20-22-9-10-23-20;1-29-16-4-2-3-13(11-16)12-17-18(14-5-7-15(8-6-14)25(27)28)23-24(19(17)26)20-21-9-10-22-20;1-25-14-4-2-3-11(9-14)10-15-16(12-5-7-13(19)8-6-12)22-23(17(15)24)18(20)21;18-13-8-4-5-11(9-13)10-14-15(12-6-2-1-3-7-12)22-23(16(14)19)17(20)21/h2-8,11,24H,9-10,12H2,1H3,(H,22,23);2-8,11,23H,9-10,12H2,1H3,(H,21,22);2-9,22H,10H2,1H3,(H3,20,21);1-9H,10,19H2,(H3,20,21). The number of aromatic amines is 3. The number of nitro benzene ring substituents is 1. The molecule has 0 atom stereocenters. The highest BCUT2D eigenvalue weighted by atomic mass is 35.5. The SMILES string of the molecule is COc1cccc(Cc2c(-c3ccc(F)cc3)[nH]n(C(=N)N)c2=O)c1.COc1cccc(Cc2c(-c3ccc(F)cc3)[nH]n(C3=NCCN3)c2=O)c1.COc1cccc(Cc2c(-c3ccc([N+](=O)[O-])cc3)[nH]n(C3=NCCN3)c2=O)c1.N=C(N)n1nc(-c2ccccc2)c(Cc2cccc(Cl)c2)c1N. The van der Waals surface area contributed by atoms with Crippen molar-refractivity contribution in [1.82, 2.24) is 49.8 Å². The molecule has 0 saturated heterocycles. The molecular weight excluding hydrogens is 1350 g/mol. The summed E-state index contributed by atoms with van der Waals surface area (Å²) in [6.45, 7) is 2.58. The van der Waals surface area contributed by atoms with Crippen molar-refractivity contribution in [2.24, 2.45) is 21.5 Å². The number of anilines is 1. The molecular formula is C75H71ClF2N18O8. The second kappa shape index (κ2) is 32.7. The van der Waals surface area contributed by atoms with Gasteiger partial charge in [-0.25, -0.2) is 18.8 Å². The highest BCUT2D eigenvalue weighted by Gasteiger charge is 2.25. The van der Waals surface area contributed by atoms with E-state index in [9.17, 15) is 33.3 Å². The van der Waals surface area contributed by atoms with Gasteiger partial charge in [-0.3, -0.25) is 50.6 Å². The zero-order valence-electron chi connectivity index (χ0n) is 56.4. The normalized spacial score (nSPS) is 12.0. The van der Waals surface area contributed by atoms with Gasteiger partial charge in [0.05, 0.1) is 62.1 Å². The molecule has 530 valence electrons. The van der Waals surface area contributed by atoms with Crippen LogP contribution in [-0.4, -0.2) is 115 Å². The fourth-order valence-corrected chi connectivity index (χ4v) is 11.8. The quantitative estimate of drug-likeness (QED) is 0.0186. The van der Waals surface area contributed by atoms with Crippen LogP contribution in [0.25, 0.3) is 45.0 Å². The molecule has 0 radical (unpaired) electrons. The molecule has 0 saturated carbocycles. The van der Waals surface area contributed by atoms with Gasteiger partial charge >= 0.3 is 0 Å². The molecule has 0 unspecified atom stereocenters. The van der Waals surface area contributed by atoms with Gasteiger partial charge in [0.2, 0.25) is 23.8 Å². The van der Waals surface area contributed by atoms with Gasteiger partial charge in [-0.05, 0) is 131 Å². The number of non-ortho nitro benzene ring substituents is 1. The maximum atomic E-state index is 13.3. The Balaban J connectivity index is 0.000000139. The third-order valence-corrected chi connectivity index (χ3v) is 16.9. The number of aromatic nitrogens is 8. The first-order chi connectivity index (χ1) is 50.3. The lowest BCUT2D eigenvalue weighted by molar-refractivity contribution is -0.384. The Morgan fingerprint density at radius 1 is 0.519 bits per heavy atom. The van der Waals surface area contributed by atoms with Crippen molar-refractivity contribution in [3.05, 3.63) is 303 Å². The molecule has 12 aromatic rings. The van der Waals surface area contributed by atoms with Gasteiger partial charge in [-0.1, -0.05) is 90.5 Å². The maximum Gasteiger partial charge on any atom is 0.277 e. The second-order valence-corrected chi connectivity index (χ2v) is 24.0. The van der Waals surface area contributed by atoms with Crippen LogP contribution in [0.2, 0.25) is 5.02 Å². The third kappa shape index (κ3) is 16.9. The number of ether oxygens (including phenoxy) is 3. The Kier molecular flexibility index (Phi) is 22.6. The Morgan fingerprint density at radius 2 is 0.923 bits per heavy atom. The number of benzene rings is 8. The van der Waals surface area contributed by atoms with Gasteiger partial charge in [-0.15, -0.1) is 0 Å². The van der Waals surface area contributed by atoms with Crippen molar-refractivity contribution in [3.63, 3.8) is 0 Å². The Morgan fingerprint density at radius 3 is 1.32 bits per heavy atom. The van der Waals surface area contributed by atoms with Gasteiger partial charge in [0, 0.05) is 100 Å². The van der Waals surface area contributed by atoms with Crippen LogP contribution in [-0.2, 0) is 25.7 Å². The predicted octanol–water partition coefficient (Wildman–Crippen LogP) is 9.99. The molecule has 4 aromatic heterocycles. The maximum absolute atomic E-state index is 13.3. The monoisotopic (exact) mass is 1420 g/mol. The molecule has 29 heteroatoms. The van der Waals surface area contributed by atoms with Gasteiger partial charge in [0.15, 0.2) is 0 Å². The van der Waals surface area contributed by atoms with E-state index in [1.807, 2.05) is 127 Å². The summed E-state index contributed by atoms with van der Waals surface area (Å²) in [5.74, 6) is 2.14. The van der Waals surface area contributed by atoms with Gasteiger partial charge in [0.25, 0.3) is 22.4 Å². The molecule has 104 heavy (non-hydrogen) atoms. The number of nitrogens with one attached hydrogen (secondary N) is 7. The zero-order valence-corrected chi connectivity index (χ0v) is 57.2. The summed E-state index contributed by atoms with van der Waals surface area (Å²) < 4.78 is 47.3. The van der Waals surface area contributed by atoms with Gasteiger partial charge < -0.3 is 42.0 Å². The van der Waals surface area contributed by atoms with E-state index in [1.165, 1.54) is 50.4 Å². The number of nitrogens with zero attached hydrogens (tertiary/aromatic N) is 8. The summed E-state index contributed by atoms with van der Waals surface area (Å²) in [6.07, 6.45) is 1.67. The second-order valence-electron chi connectivity index (χ2n) is 23.6. The average molecular weight is 1430 g/mol. The van der Waals surface area contributed by atoms with Gasteiger partial charge in [-0.2, -0.15) is 23.8 Å². The smallest absolute Gasteiger partial charge is 0.277 e. The third-order valence-electron chi connectivity index (χ3n) is 16.7. The van der Waals surface area contributed by atoms with Crippen LogP contribution >= 0.6 is 11.6 Å². The average Bonchev–Trinajstić information content (AvgIpc) is 1.66. The van der Waals surface area contributed by atoms with Crippen LogP contribution in [0, 0.1) is 32.6 Å². The molecule has 2 aliphatic heterocycles. The number of nitro groups is 1. The Bertz CT molecular complexity index is 5350. The summed E-state index contributed by atoms with van der Waals surface area (Å²) in [7, 11) is 4.77. The summed E-state index contributed by atoms with van der Waals surface area (Å²) in [5, 5.41) is 46.5. The lowest BCUT2D eigenvalue weighted by Gasteiger charge is -2.05. The summed E-state index contributed by atoms with van der Waals surface area (Å²) in [6, 6.07) is 57.7. The molecule has 0 bridgehead atoms. The van der Waals surface area contributed by atoms with Crippen molar-refractivity contribution >= 4 is 46.9 Å². The number of rotatable bonds is 16. The van der Waals surface area contributed by atoms with Crippen LogP contribution in [0.1, 0.15) is 44.5 Å². The fraction of sp³-hybridized carbons (Fsp3) is 0.147. The van der Waals surface area contributed by atoms with Gasteiger partial charge in [0.1, 0.15) is 34.7 Å². The minimum absolute atomic E-state index is 0.00768. The molecule has 0 fully saturated rings. The van der Waals surface area contributed by atoms with Crippen LogP contribution in [0.4, 0.5) is 20.3 Å². The first-order valence-electron chi connectivity index (χ1n) is 32.4. The van der Waals surface area contributed by atoms with E-state index < -0.39 is 16.4 Å². The Hall–Kier alpha value is -13.4. The molecule has 0 aliphatic carbocycles. The van der Waals surface area contributed by atoms with Crippen molar-refractivity contribution < 1.29 is 27.9 Å². The molecule has 14 rings (SSSR count). The number of H-pyrrole nitrogens is 3. The minimum Gasteiger partial charge on any atom is -0.497 e. The van der Waals surface area contributed by atoms with E-state index in [4.69, 9.17) is 53.8 Å². The zero-order chi connectivity index (χ0) is 73.6. The minimum atomic E-state index is -0.452. The van der Waals surface area contributed by atoms with Crippen molar-refractivity contribution in [2.75, 3.05) is 53.2 Å². The molecule has 13 N–H and O–H groups in total. The van der Waals surface area contributed by atoms with Crippen molar-refractivity contribution in [3.8, 4) is 62.3 Å². The van der Waals surface area contributed by atoms with E-state index in [-0.39, 0.29) is 34.4 Å². The molecule has 0 spiro atoms. The van der Waals surface area contributed by atoms with E-state index >= 15 is 0 Å². The summed E-state index contributed by atoms with van der Waals surface area (Å²) in [5.41, 5.74) is 28.0. The number of halogens is 3. The molecule has 2 aliphatic rings. The Labute approximate surface area is 597 Å². The van der Waals surface area contributed by atoms with Crippen molar-refractivity contribution in [1.29, 1.82) is 10.8 Å². The highest BCUT2D eigenvalue weighted by molar-refractivity contribution is 6.30. The fourth-order valence-electron chi connectivity index (χ4n) is 11.6. The predicted molar refractivity (Wildman–Crippen MR) is 398 cm³/mol. The number of aliphatic imine (C=N–C) groups is 2. The van der Waals surface area contributed by atoms with Crippen LogP contribution in [0.15, 0.2) is 225 Å². The van der Waals surface area contributed by atoms with Crippen molar-refractivity contribution in [2.45, 2.75) is 25.7 Å². The summed E-state index contributed by atoms with van der Waals surface area (Å²) >= 11 is 6.06. The molecule has 0 amide bonds.